The molecule has 1 spiro atoms. The molecular weight excluding hydrogens is 260 g/mol. The fourth-order valence-corrected chi connectivity index (χ4v) is 4.19. The zero-order valence-electron chi connectivity index (χ0n) is 11.4. The predicted molar refractivity (Wildman–Crippen MR) is 76.2 cm³/mol. The predicted octanol–water partition coefficient (Wildman–Crippen LogP) is 1.98. The summed E-state index contributed by atoms with van der Waals surface area (Å²) < 4.78 is 11.7. The summed E-state index contributed by atoms with van der Waals surface area (Å²) in [6.07, 6.45) is 2.11. The lowest BCUT2D eigenvalue weighted by Gasteiger charge is -2.43. The lowest BCUT2D eigenvalue weighted by atomic mass is 9.99. The molecule has 2 aliphatic rings. The molecule has 2 unspecified atom stereocenters. The third-order valence-corrected chi connectivity index (χ3v) is 4.93. The van der Waals surface area contributed by atoms with Gasteiger partial charge in [0, 0.05) is 17.3 Å². The minimum Gasteiger partial charge on any atom is -0.346 e. The second-order valence-corrected chi connectivity index (χ2v) is 6.48. The van der Waals surface area contributed by atoms with Crippen LogP contribution in [0.3, 0.4) is 0 Å². The van der Waals surface area contributed by atoms with E-state index in [1.165, 1.54) is 4.88 Å². The molecule has 5 heteroatoms. The standard InChI is InChI=1S/C14H22N2O2S/c1-11(15)13(12-4-2-9-19-12)16-6-3-5-14(10-16)17-7-8-18-14/h2,4,9,11,13H,3,5-8,10,15H2,1H3. The zero-order chi connectivity index (χ0) is 13.3. The van der Waals surface area contributed by atoms with E-state index in [-0.39, 0.29) is 17.9 Å². The number of likely N-dealkylation sites (tertiary alicyclic amines) is 1. The minimum atomic E-state index is -0.372. The Morgan fingerprint density at radius 2 is 2.21 bits per heavy atom. The molecule has 1 aromatic rings. The van der Waals surface area contributed by atoms with Gasteiger partial charge in [0.2, 0.25) is 0 Å². The smallest absolute Gasteiger partial charge is 0.181 e. The Hall–Kier alpha value is -0.460. The van der Waals surface area contributed by atoms with Crippen molar-refractivity contribution in [2.24, 2.45) is 5.73 Å². The number of thiophene rings is 1. The maximum Gasteiger partial charge on any atom is 0.181 e. The van der Waals surface area contributed by atoms with Gasteiger partial charge in [-0.2, -0.15) is 0 Å². The first-order chi connectivity index (χ1) is 9.20. The fourth-order valence-electron chi connectivity index (χ4n) is 3.22. The van der Waals surface area contributed by atoms with E-state index in [0.29, 0.717) is 0 Å². The molecule has 3 rings (SSSR count). The molecule has 2 saturated heterocycles. The van der Waals surface area contributed by atoms with Crippen molar-refractivity contribution >= 4 is 11.3 Å². The van der Waals surface area contributed by atoms with Gasteiger partial charge in [0.15, 0.2) is 5.79 Å². The van der Waals surface area contributed by atoms with Crippen molar-refractivity contribution in [3.63, 3.8) is 0 Å². The van der Waals surface area contributed by atoms with Crippen LogP contribution in [0.15, 0.2) is 17.5 Å². The Labute approximate surface area is 118 Å². The second kappa shape index (κ2) is 5.50. The number of hydrogen-bond acceptors (Lipinski definition) is 5. The highest BCUT2D eigenvalue weighted by molar-refractivity contribution is 7.10. The summed E-state index contributed by atoms with van der Waals surface area (Å²) in [5.74, 6) is -0.372. The number of hydrogen-bond donors (Lipinski definition) is 1. The van der Waals surface area contributed by atoms with Crippen LogP contribution < -0.4 is 5.73 Å². The normalized spacial score (nSPS) is 26.6. The number of ether oxygens (including phenoxy) is 2. The van der Waals surface area contributed by atoms with Crippen LogP contribution in [-0.2, 0) is 9.47 Å². The number of nitrogens with two attached hydrogens (primary N) is 1. The van der Waals surface area contributed by atoms with Crippen LogP contribution in [0, 0.1) is 0 Å². The van der Waals surface area contributed by atoms with Crippen molar-refractivity contribution in [2.75, 3.05) is 26.3 Å². The topological polar surface area (TPSA) is 47.7 Å². The average Bonchev–Trinajstić information content (AvgIpc) is 3.02. The molecule has 2 aliphatic heterocycles. The Bertz CT molecular complexity index is 402. The summed E-state index contributed by atoms with van der Waals surface area (Å²) in [5.41, 5.74) is 6.23. The maximum absolute atomic E-state index is 6.23. The first-order valence-electron chi connectivity index (χ1n) is 7.01. The van der Waals surface area contributed by atoms with Crippen molar-refractivity contribution in [3.8, 4) is 0 Å². The molecule has 2 atom stereocenters. The highest BCUT2D eigenvalue weighted by atomic mass is 32.1. The van der Waals surface area contributed by atoms with Crippen molar-refractivity contribution in [1.82, 2.24) is 4.90 Å². The summed E-state index contributed by atoms with van der Waals surface area (Å²) in [6.45, 7) is 5.42. The van der Waals surface area contributed by atoms with Crippen LogP contribution in [0.5, 0.6) is 0 Å². The minimum absolute atomic E-state index is 0.107. The Kier molecular flexibility index (Phi) is 3.91. The third kappa shape index (κ3) is 2.71. The largest absolute Gasteiger partial charge is 0.346 e. The van der Waals surface area contributed by atoms with E-state index < -0.39 is 0 Å². The van der Waals surface area contributed by atoms with Gasteiger partial charge < -0.3 is 15.2 Å². The lowest BCUT2D eigenvalue weighted by Crippen LogP contribution is -2.52. The highest BCUT2D eigenvalue weighted by Crippen LogP contribution is 2.36. The molecule has 0 saturated carbocycles. The molecule has 2 fully saturated rings. The molecule has 2 N–H and O–H groups in total. The van der Waals surface area contributed by atoms with Gasteiger partial charge in [-0.3, -0.25) is 4.90 Å². The van der Waals surface area contributed by atoms with Crippen molar-refractivity contribution in [3.05, 3.63) is 22.4 Å². The molecule has 4 nitrogen and oxygen atoms in total. The Balaban J connectivity index is 1.79. The molecule has 1 aromatic heterocycles. The van der Waals surface area contributed by atoms with E-state index in [1.54, 1.807) is 11.3 Å². The molecule has 0 bridgehead atoms. The van der Waals surface area contributed by atoms with E-state index in [2.05, 4.69) is 29.3 Å². The molecule has 3 heterocycles. The summed E-state index contributed by atoms with van der Waals surface area (Å²) in [4.78, 5) is 3.77. The van der Waals surface area contributed by atoms with Gasteiger partial charge in [0.05, 0.1) is 25.8 Å². The zero-order valence-corrected chi connectivity index (χ0v) is 12.2. The maximum atomic E-state index is 6.23. The molecule has 0 aliphatic carbocycles. The van der Waals surface area contributed by atoms with E-state index in [9.17, 15) is 0 Å². The fraction of sp³-hybridized carbons (Fsp3) is 0.714. The van der Waals surface area contributed by atoms with Gasteiger partial charge in [-0.15, -0.1) is 11.3 Å². The van der Waals surface area contributed by atoms with Crippen LogP contribution in [0.4, 0.5) is 0 Å². The molecular formula is C14H22N2O2S. The van der Waals surface area contributed by atoms with Crippen molar-refractivity contribution in [1.29, 1.82) is 0 Å². The molecule has 0 amide bonds. The van der Waals surface area contributed by atoms with Crippen LogP contribution in [0.25, 0.3) is 0 Å². The number of nitrogens with zero attached hydrogens (tertiary/aromatic N) is 1. The van der Waals surface area contributed by atoms with Crippen LogP contribution >= 0.6 is 11.3 Å². The molecule has 0 aromatic carbocycles. The van der Waals surface area contributed by atoms with Crippen LogP contribution in [0.1, 0.15) is 30.7 Å². The van der Waals surface area contributed by atoms with Gasteiger partial charge in [0.25, 0.3) is 0 Å². The van der Waals surface area contributed by atoms with Crippen molar-refractivity contribution < 1.29 is 9.47 Å². The monoisotopic (exact) mass is 282 g/mol. The van der Waals surface area contributed by atoms with E-state index in [4.69, 9.17) is 15.2 Å². The average molecular weight is 282 g/mol. The summed E-state index contributed by atoms with van der Waals surface area (Å²) >= 11 is 1.78. The third-order valence-electron chi connectivity index (χ3n) is 3.99. The van der Waals surface area contributed by atoms with E-state index in [0.717, 1.165) is 39.1 Å². The number of piperidine rings is 1. The van der Waals surface area contributed by atoms with Crippen LogP contribution in [-0.4, -0.2) is 43.0 Å². The molecule has 106 valence electrons. The van der Waals surface area contributed by atoms with E-state index >= 15 is 0 Å². The van der Waals surface area contributed by atoms with Gasteiger partial charge in [-0.05, 0) is 31.3 Å². The Morgan fingerprint density at radius 1 is 1.42 bits per heavy atom. The second-order valence-electron chi connectivity index (χ2n) is 5.50. The van der Waals surface area contributed by atoms with Crippen LogP contribution in [0.2, 0.25) is 0 Å². The Morgan fingerprint density at radius 3 is 2.84 bits per heavy atom. The first kappa shape index (κ1) is 13.5. The first-order valence-corrected chi connectivity index (χ1v) is 7.89. The van der Waals surface area contributed by atoms with Gasteiger partial charge >= 0.3 is 0 Å². The molecule has 0 radical (unpaired) electrons. The van der Waals surface area contributed by atoms with Gasteiger partial charge in [-0.25, -0.2) is 0 Å². The SMILES string of the molecule is CC(N)C(c1cccs1)N1CCCC2(C1)OCCO2. The highest BCUT2D eigenvalue weighted by Gasteiger charge is 2.43. The van der Waals surface area contributed by atoms with Gasteiger partial charge in [0.1, 0.15) is 0 Å². The van der Waals surface area contributed by atoms with Crippen molar-refractivity contribution in [2.45, 2.75) is 37.6 Å². The van der Waals surface area contributed by atoms with Gasteiger partial charge in [-0.1, -0.05) is 6.07 Å². The molecule has 19 heavy (non-hydrogen) atoms. The lowest BCUT2D eigenvalue weighted by molar-refractivity contribution is -0.194. The number of rotatable bonds is 3. The summed E-state index contributed by atoms with van der Waals surface area (Å²) in [7, 11) is 0. The quantitative estimate of drug-likeness (QED) is 0.921. The van der Waals surface area contributed by atoms with E-state index in [1.807, 2.05) is 0 Å². The summed E-state index contributed by atoms with van der Waals surface area (Å²) in [6, 6.07) is 4.65. The summed E-state index contributed by atoms with van der Waals surface area (Å²) in [5, 5.41) is 2.12.